The Morgan fingerprint density at radius 3 is 2.41 bits per heavy atom. The molecule has 0 aliphatic rings. The summed E-state index contributed by atoms with van der Waals surface area (Å²) in [7, 11) is 0. The Hall–Kier alpha value is -4.00. The van der Waals surface area contributed by atoms with Crippen molar-refractivity contribution in [2.24, 2.45) is 0 Å². The van der Waals surface area contributed by atoms with Gasteiger partial charge in [0.15, 0.2) is 0 Å². The van der Waals surface area contributed by atoms with Crippen molar-refractivity contribution in [1.29, 1.82) is 0 Å². The Bertz CT molecular complexity index is 1210. The number of hydrogen-bond acceptors (Lipinski definition) is 5. The van der Waals surface area contributed by atoms with Crippen molar-refractivity contribution in [1.82, 2.24) is 10.3 Å². The first kappa shape index (κ1) is 23.2. The molecule has 0 saturated carbocycles. The Balaban J connectivity index is 1.38. The van der Waals surface area contributed by atoms with Crippen molar-refractivity contribution < 1.29 is 19.7 Å². The number of carbonyl (C=O) groups is 1. The molecule has 4 aromatic rings. The minimum absolute atomic E-state index is 0.0907. The third-order valence-electron chi connectivity index (χ3n) is 5.47. The lowest BCUT2D eigenvalue weighted by Gasteiger charge is -2.13. The molecule has 0 spiro atoms. The van der Waals surface area contributed by atoms with Gasteiger partial charge in [-0.15, -0.1) is 0 Å². The number of carboxylic acids is 1. The molecule has 6 heteroatoms. The number of nitrogens with one attached hydrogen (secondary N) is 1. The van der Waals surface area contributed by atoms with Crippen LogP contribution in [-0.2, 0) is 6.42 Å². The molecule has 1 unspecified atom stereocenters. The maximum Gasteiger partial charge on any atom is 0.339 e. The van der Waals surface area contributed by atoms with Crippen molar-refractivity contribution in [3.05, 3.63) is 114 Å². The highest BCUT2D eigenvalue weighted by molar-refractivity contribution is 5.92. The maximum atomic E-state index is 11.6. The van der Waals surface area contributed by atoms with Crippen molar-refractivity contribution in [3.63, 3.8) is 0 Å². The van der Waals surface area contributed by atoms with E-state index in [0.717, 1.165) is 29.7 Å². The Kier molecular flexibility index (Phi) is 7.65. The van der Waals surface area contributed by atoms with Gasteiger partial charge in [0.05, 0.1) is 12.3 Å². The highest BCUT2D eigenvalue weighted by Crippen LogP contribution is 2.31. The second-order valence-electron chi connectivity index (χ2n) is 7.88. The lowest BCUT2D eigenvalue weighted by molar-refractivity contribution is 0.0694. The number of pyridine rings is 1. The fourth-order valence-electron chi connectivity index (χ4n) is 3.63. The van der Waals surface area contributed by atoms with E-state index in [2.05, 4.69) is 22.4 Å². The van der Waals surface area contributed by atoms with Crippen LogP contribution in [0.1, 0.15) is 27.6 Å². The number of ether oxygens (including phenoxy) is 1. The minimum atomic E-state index is -1.05. The van der Waals surface area contributed by atoms with Crippen LogP contribution in [0.5, 0.6) is 11.5 Å². The topological polar surface area (TPSA) is 91.7 Å². The molecule has 0 aliphatic heterocycles. The fraction of sp³-hybridized carbons (Fsp3) is 0.143. The molecule has 0 saturated heterocycles. The van der Waals surface area contributed by atoms with Crippen molar-refractivity contribution in [2.45, 2.75) is 12.5 Å². The Morgan fingerprint density at radius 2 is 1.71 bits per heavy atom. The molecule has 0 aliphatic carbocycles. The standard InChI is InChI=1S/C28H26N2O4/c31-26(22-5-2-1-3-6-22)19-30-16-14-20-8-10-21(11-9-20)23-12-13-25(28(32)33)27(17-23)34-24-7-4-15-29-18-24/h1-13,15,17-18,26,30-31H,14,16,19H2,(H,32,33). The normalized spacial score (nSPS) is 11.7. The first-order valence-electron chi connectivity index (χ1n) is 11.1. The van der Waals surface area contributed by atoms with E-state index in [-0.39, 0.29) is 11.3 Å². The van der Waals surface area contributed by atoms with Gasteiger partial charge in [-0.3, -0.25) is 4.98 Å². The van der Waals surface area contributed by atoms with Crippen molar-refractivity contribution >= 4 is 5.97 Å². The SMILES string of the molecule is O=C(O)c1ccc(-c2ccc(CCNCC(O)c3ccccc3)cc2)cc1Oc1cccnc1. The van der Waals surface area contributed by atoms with Crippen LogP contribution in [0.3, 0.4) is 0 Å². The summed E-state index contributed by atoms with van der Waals surface area (Å²) in [5.74, 6) is -0.309. The molecule has 34 heavy (non-hydrogen) atoms. The van der Waals surface area contributed by atoms with E-state index < -0.39 is 12.1 Å². The van der Waals surface area contributed by atoms with Gasteiger partial charge in [-0.1, -0.05) is 60.7 Å². The van der Waals surface area contributed by atoms with Crippen LogP contribution in [-0.4, -0.2) is 34.3 Å². The van der Waals surface area contributed by atoms with E-state index in [1.807, 2.05) is 42.5 Å². The zero-order valence-corrected chi connectivity index (χ0v) is 18.6. The third kappa shape index (κ3) is 6.07. The predicted octanol–water partition coefficient (Wildman–Crippen LogP) is 5.10. The van der Waals surface area contributed by atoms with E-state index in [9.17, 15) is 15.0 Å². The summed E-state index contributed by atoms with van der Waals surface area (Å²) in [6.07, 6.45) is 3.47. The Labute approximate surface area is 198 Å². The van der Waals surface area contributed by atoms with Crippen LogP contribution in [0.4, 0.5) is 0 Å². The second-order valence-corrected chi connectivity index (χ2v) is 7.88. The molecular weight excluding hydrogens is 428 g/mol. The number of benzene rings is 3. The molecule has 0 amide bonds. The lowest BCUT2D eigenvalue weighted by Crippen LogP contribution is -2.23. The van der Waals surface area contributed by atoms with Gasteiger partial charge in [0.1, 0.15) is 17.1 Å². The quantitative estimate of drug-likeness (QED) is 0.289. The van der Waals surface area contributed by atoms with Gasteiger partial charge in [0, 0.05) is 12.7 Å². The van der Waals surface area contributed by atoms with E-state index in [4.69, 9.17) is 4.74 Å². The summed E-state index contributed by atoms with van der Waals surface area (Å²) < 4.78 is 5.80. The zero-order valence-electron chi connectivity index (χ0n) is 18.6. The van der Waals surface area contributed by atoms with Gasteiger partial charge in [-0.2, -0.15) is 0 Å². The highest BCUT2D eigenvalue weighted by Gasteiger charge is 2.14. The van der Waals surface area contributed by atoms with E-state index in [0.29, 0.717) is 12.3 Å². The second kappa shape index (κ2) is 11.2. The first-order valence-corrected chi connectivity index (χ1v) is 11.1. The smallest absolute Gasteiger partial charge is 0.339 e. The largest absolute Gasteiger partial charge is 0.478 e. The molecular formula is C28H26N2O4. The summed E-state index contributed by atoms with van der Waals surface area (Å²) in [5.41, 5.74) is 3.98. The Morgan fingerprint density at radius 1 is 0.941 bits per heavy atom. The number of carboxylic acid groups (broad SMARTS) is 1. The van der Waals surface area contributed by atoms with Crippen LogP contribution < -0.4 is 10.1 Å². The van der Waals surface area contributed by atoms with Crippen LogP contribution in [0.25, 0.3) is 11.1 Å². The number of aliphatic hydroxyl groups excluding tert-OH is 1. The first-order chi connectivity index (χ1) is 16.6. The van der Waals surface area contributed by atoms with Gasteiger partial charge in [0.25, 0.3) is 0 Å². The molecule has 172 valence electrons. The number of rotatable bonds is 10. The van der Waals surface area contributed by atoms with E-state index in [1.54, 1.807) is 42.7 Å². The predicted molar refractivity (Wildman–Crippen MR) is 131 cm³/mol. The monoisotopic (exact) mass is 454 g/mol. The van der Waals surface area contributed by atoms with Gasteiger partial charge >= 0.3 is 5.97 Å². The number of hydrogen-bond donors (Lipinski definition) is 3. The maximum absolute atomic E-state index is 11.6. The molecule has 1 heterocycles. The van der Waals surface area contributed by atoms with Crippen LogP contribution >= 0.6 is 0 Å². The summed E-state index contributed by atoms with van der Waals surface area (Å²) >= 11 is 0. The van der Waals surface area contributed by atoms with Gasteiger partial charge in [-0.05, 0) is 59.5 Å². The number of aromatic nitrogens is 1. The van der Waals surface area contributed by atoms with Crippen molar-refractivity contribution in [3.8, 4) is 22.6 Å². The highest BCUT2D eigenvalue weighted by atomic mass is 16.5. The average Bonchev–Trinajstić information content (AvgIpc) is 2.88. The number of nitrogens with zero attached hydrogens (tertiary/aromatic N) is 1. The molecule has 1 atom stereocenters. The summed E-state index contributed by atoms with van der Waals surface area (Å²) in [6.45, 7) is 1.25. The average molecular weight is 455 g/mol. The van der Waals surface area contributed by atoms with Crippen LogP contribution in [0, 0.1) is 0 Å². The van der Waals surface area contributed by atoms with E-state index >= 15 is 0 Å². The fourth-order valence-corrected chi connectivity index (χ4v) is 3.63. The summed E-state index contributed by atoms with van der Waals surface area (Å²) in [6, 6.07) is 26.3. The minimum Gasteiger partial charge on any atom is -0.478 e. The molecule has 4 rings (SSSR count). The molecule has 1 aromatic heterocycles. The van der Waals surface area contributed by atoms with Gasteiger partial charge in [-0.25, -0.2) is 4.79 Å². The molecule has 3 aromatic carbocycles. The summed E-state index contributed by atoms with van der Waals surface area (Å²) in [5, 5.41) is 23.1. The third-order valence-corrected chi connectivity index (χ3v) is 5.47. The van der Waals surface area contributed by atoms with Crippen LogP contribution in [0.2, 0.25) is 0 Å². The summed E-state index contributed by atoms with van der Waals surface area (Å²) in [4.78, 5) is 15.6. The zero-order chi connectivity index (χ0) is 23.8. The molecule has 0 fully saturated rings. The molecule has 3 N–H and O–H groups in total. The number of aliphatic hydroxyl groups is 1. The lowest BCUT2D eigenvalue weighted by atomic mass is 10.0. The van der Waals surface area contributed by atoms with E-state index in [1.165, 1.54) is 5.56 Å². The molecule has 0 radical (unpaired) electrons. The number of aromatic carboxylic acids is 1. The van der Waals surface area contributed by atoms with Crippen molar-refractivity contribution in [2.75, 3.05) is 13.1 Å². The molecule has 6 nitrogen and oxygen atoms in total. The van der Waals surface area contributed by atoms with Gasteiger partial charge in [0.2, 0.25) is 0 Å². The molecule has 0 bridgehead atoms. The van der Waals surface area contributed by atoms with Crippen LogP contribution in [0.15, 0.2) is 97.3 Å². The van der Waals surface area contributed by atoms with Gasteiger partial charge < -0.3 is 20.3 Å².